The van der Waals surface area contributed by atoms with Crippen LogP contribution >= 0.6 is 15.9 Å². The molecule has 0 saturated carbocycles. The van der Waals surface area contributed by atoms with Gasteiger partial charge in [0.2, 0.25) is 5.91 Å². The Hall–Kier alpha value is -1.40. The van der Waals surface area contributed by atoms with Crippen molar-refractivity contribution in [2.75, 3.05) is 6.54 Å². The van der Waals surface area contributed by atoms with Gasteiger partial charge in [0.05, 0.1) is 12.1 Å². The van der Waals surface area contributed by atoms with E-state index in [1.807, 2.05) is 0 Å². The number of aromatic carboxylic acids is 1. The van der Waals surface area contributed by atoms with Crippen LogP contribution in [0.25, 0.3) is 0 Å². The van der Waals surface area contributed by atoms with Crippen LogP contribution in [0.15, 0.2) is 22.7 Å². The van der Waals surface area contributed by atoms with Gasteiger partial charge >= 0.3 is 5.97 Å². The zero-order chi connectivity index (χ0) is 12.1. The number of benzene rings is 1. The van der Waals surface area contributed by atoms with Crippen LogP contribution in [0.2, 0.25) is 0 Å². The molecular weight excluding hydrogens is 276 g/mol. The lowest BCUT2D eigenvalue weighted by Crippen LogP contribution is -2.28. The molecule has 0 atom stereocenters. The molecule has 0 fully saturated rings. The summed E-state index contributed by atoms with van der Waals surface area (Å²) in [6.07, 6.45) is 0. The predicted molar refractivity (Wildman–Crippen MR) is 62.0 cm³/mol. The first-order valence-electron chi connectivity index (χ1n) is 4.51. The van der Waals surface area contributed by atoms with Gasteiger partial charge in [-0.25, -0.2) is 4.79 Å². The molecule has 16 heavy (non-hydrogen) atoms. The Kier molecular flexibility index (Phi) is 4.45. The average molecular weight is 287 g/mol. The van der Waals surface area contributed by atoms with Gasteiger partial charge in [0.1, 0.15) is 0 Å². The van der Waals surface area contributed by atoms with Gasteiger partial charge in [-0.15, -0.1) is 0 Å². The summed E-state index contributed by atoms with van der Waals surface area (Å²) in [7, 11) is 0. The molecule has 0 aliphatic heterocycles. The molecule has 4 N–H and O–H groups in total. The van der Waals surface area contributed by atoms with Gasteiger partial charge in [0, 0.05) is 11.0 Å². The first kappa shape index (κ1) is 12.7. The second-order valence-corrected chi connectivity index (χ2v) is 4.04. The van der Waals surface area contributed by atoms with Gasteiger partial charge in [-0.1, -0.05) is 22.0 Å². The summed E-state index contributed by atoms with van der Waals surface area (Å²) in [4.78, 5) is 21.2. The van der Waals surface area contributed by atoms with E-state index >= 15 is 0 Å². The van der Waals surface area contributed by atoms with Crippen LogP contribution in [0.4, 0.5) is 0 Å². The Morgan fingerprint density at radius 1 is 1.44 bits per heavy atom. The maximum absolute atomic E-state index is 10.7. The van der Waals surface area contributed by atoms with Crippen molar-refractivity contribution in [3.63, 3.8) is 0 Å². The van der Waals surface area contributed by atoms with Gasteiger partial charge in [-0.2, -0.15) is 0 Å². The normalized spacial score (nSPS) is 10.1. The van der Waals surface area contributed by atoms with Crippen LogP contribution in [-0.4, -0.2) is 23.5 Å². The topological polar surface area (TPSA) is 92.4 Å². The molecule has 1 aromatic rings. The second-order valence-electron chi connectivity index (χ2n) is 3.18. The van der Waals surface area contributed by atoms with Crippen molar-refractivity contribution in [3.05, 3.63) is 33.8 Å². The molecule has 0 aliphatic rings. The highest BCUT2D eigenvalue weighted by atomic mass is 79.9. The summed E-state index contributed by atoms with van der Waals surface area (Å²) >= 11 is 3.26. The lowest BCUT2D eigenvalue weighted by molar-refractivity contribution is -0.117. The van der Waals surface area contributed by atoms with E-state index in [1.54, 1.807) is 6.07 Å². The van der Waals surface area contributed by atoms with Crippen LogP contribution < -0.4 is 11.1 Å². The predicted octanol–water partition coefficient (Wildman–Crippen LogP) is 0.722. The molecule has 5 nitrogen and oxygen atoms in total. The van der Waals surface area contributed by atoms with E-state index < -0.39 is 11.9 Å². The summed E-state index contributed by atoms with van der Waals surface area (Å²) in [5, 5.41) is 11.6. The summed E-state index contributed by atoms with van der Waals surface area (Å²) in [6, 6.07) is 4.71. The van der Waals surface area contributed by atoms with Crippen LogP contribution in [0.1, 0.15) is 15.9 Å². The van der Waals surface area contributed by atoms with Crippen molar-refractivity contribution < 1.29 is 14.7 Å². The molecule has 6 heteroatoms. The summed E-state index contributed by atoms with van der Waals surface area (Å²) in [6.45, 7) is 0.538. The highest BCUT2D eigenvalue weighted by Crippen LogP contribution is 2.18. The standard InChI is InChI=1S/C10H11BrN2O3/c11-8-3-6(10(15)16)1-2-7(8)4-13-5-9(12)14/h1-3,13H,4-5H2,(H2,12,14)(H,15,16). The fourth-order valence-corrected chi connectivity index (χ4v) is 1.66. The second kappa shape index (κ2) is 5.62. The minimum absolute atomic E-state index is 0.0904. The number of nitrogens with two attached hydrogens (primary N) is 1. The molecule has 1 rings (SSSR count). The van der Waals surface area contributed by atoms with E-state index in [-0.39, 0.29) is 12.1 Å². The maximum atomic E-state index is 10.7. The first-order chi connectivity index (χ1) is 7.50. The minimum atomic E-state index is -0.975. The molecule has 1 amide bonds. The highest BCUT2D eigenvalue weighted by molar-refractivity contribution is 9.10. The van der Waals surface area contributed by atoms with Crippen LogP contribution in [-0.2, 0) is 11.3 Å². The van der Waals surface area contributed by atoms with Gasteiger partial charge in [0.25, 0.3) is 0 Å². The fourth-order valence-electron chi connectivity index (χ4n) is 1.14. The molecule has 0 heterocycles. The minimum Gasteiger partial charge on any atom is -0.478 e. The first-order valence-corrected chi connectivity index (χ1v) is 5.30. The largest absolute Gasteiger partial charge is 0.478 e. The van der Waals surface area contributed by atoms with E-state index in [9.17, 15) is 9.59 Å². The van der Waals surface area contributed by atoms with Crippen molar-refractivity contribution in [1.82, 2.24) is 5.32 Å². The Morgan fingerprint density at radius 3 is 2.62 bits per heavy atom. The fraction of sp³-hybridized carbons (Fsp3) is 0.200. The summed E-state index contributed by atoms with van der Waals surface area (Å²) < 4.78 is 0.685. The number of rotatable bonds is 5. The summed E-state index contributed by atoms with van der Waals surface area (Å²) in [5.41, 5.74) is 6.05. The SMILES string of the molecule is NC(=O)CNCc1ccc(C(=O)O)cc1Br. The number of primary amides is 1. The van der Waals surface area contributed by atoms with E-state index in [1.165, 1.54) is 12.1 Å². The molecule has 1 aromatic carbocycles. The number of hydrogen-bond donors (Lipinski definition) is 3. The van der Waals surface area contributed by atoms with E-state index in [2.05, 4.69) is 21.2 Å². The van der Waals surface area contributed by atoms with Gasteiger partial charge in [0.15, 0.2) is 0 Å². The van der Waals surface area contributed by atoms with Gasteiger partial charge in [-0.3, -0.25) is 4.79 Å². The quantitative estimate of drug-likeness (QED) is 0.744. The van der Waals surface area contributed by atoms with Crippen LogP contribution in [0.3, 0.4) is 0 Å². The molecule has 0 unspecified atom stereocenters. The number of carbonyl (C=O) groups excluding carboxylic acids is 1. The highest BCUT2D eigenvalue weighted by Gasteiger charge is 2.06. The molecule has 0 bridgehead atoms. The van der Waals surface area contributed by atoms with E-state index in [0.29, 0.717) is 11.0 Å². The van der Waals surface area contributed by atoms with Crippen molar-refractivity contribution in [2.24, 2.45) is 5.73 Å². The van der Waals surface area contributed by atoms with Crippen molar-refractivity contribution in [3.8, 4) is 0 Å². The lowest BCUT2D eigenvalue weighted by Gasteiger charge is -2.06. The Labute approximate surface area is 101 Å². The maximum Gasteiger partial charge on any atom is 0.335 e. The molecule has 86 valence electrons. The number of nitrogens with one attached hydrogen (secondary N) is 1. The van der Waals surface area contributed by atoms with Crippen LogP contribution in [0, 0.1) is 0 Å². The van der Waals surface area contributed by atoms with Crippen molar-refractivity contribution in [2.45, 2.75) is 6.54 Å². The number of carboxylic acids is 1. The molecule has 0 saturated heterocycles. The third-order valence-corrected chi connectivity index (χ3v) is 2.65. The van der Waals surface area contributed by atoms with E-state index in [4.69, 9.17) is 10.8 Å². The van der Waals surface area contributed by atoms with Gasteiger partial charge < -0.3 is 16.2 Å². The van der Waals surface area contributed by atoms with Crippen molar-refractivity contribution in [1.29, 1.82) is 0 Å². The number of amides is 1. The monoisotopic (exact) mass is 286 g/mol. The molecule has 0 aromatic heterocycles. The molecule has 0 spiro atoms. The zero-order valence-corrected chi connectivity index (χ0v) is 9.95. The number of hydrogen-bond acceptors (Lipinski definition) is 3. The van der Waals surface area contributed by atoms with E-state index in [0.717, 1.165) is 5.56 Å². The Bertz CT molecular complexity index is 421. The third-order valence-electron chi connectivity index (χ3n) is 1.91. The van der Waals surface area contributed by atoms with Gasteiger partial charge in [-0.05, 0) is 17.7 Å². The lowest BCUT2D eigenvalue weighted by atomic mass is 10.1. The summed E-state index contributed by atoms with van der Waals surface area (Å²) in [5.74, 6) is -1.41. The Balaban J connectivity index is 2.68. The third kappa shape index (κ3) is 3.63. The number of carbonyl (C=O) groups is 2. The molecule has 0 aliphatic carbocycles. The molecule has 0 radical (unpaired) electrons. The molecular formula is C10H11BrN2O3. The zero-order valence-electron chi connectivity index (χ0n) is 8.37. The number of carboxylic acid groups (broad SMARTS) is 1. The van der Waals surface area contributed by atoms with Crippen LogP contribution in [0.5, 0.6) is 0 Å². The average Bonchev–Trinajstić information content (AvgIpc) is 2.19. The Morgan fingerprint density at radius 2 is 2.12 bits per heavy atom. The number of halogens is 1. The van der Waals surface area contributed by atoms with Crippen molar-refractivity contribution >= 4 is 27.8 Å². The smallest absolute Gasteiger partial charge is 0.335 e.